The summed E-state index contributed by atoms with van der Waals surface area (Å²) in [5.41, 5.74) is 17.2. The van der Waals surface area contributed by atoms with Gasteiger partial charge in [-0.15, -0.1) is 118 Å². The van der Waals surface area contributed by atoms with E-state index >= 15 is 0 Å². The number of nitrogens with zero attached hydrogens (tertiary/aromatic N) is 7. The van der Waals surface area contributed by atoms with Gasteiger partial charge in [-0.1, -0.05) is 132 Å². The SMILES string of the molecule is CC(C)(c1cccc(-c2[c-]cc(F)nc2F)n1)c1cccc(-c2[c-]cc(F)nc2F)n1.Cc1ccc(-c2[c-]ccc(-c3ccc(F)cc3)c2)nc1.Cc1ccc(-c2[c-]ccc(-c3cccc(F)c3)c2)nc1.Cc1ccc(-c2[c-]ccc(-c3ccccc3C)c2)nc1.[Ir].[Ir].[Ir].[Pt+2]. The fraction of sp³-hybridized carbons (Fsp3) is 0.0897. The van der Waals surface area contributed by atoms with E-state index in [0.717, 1.165) is 79.3 Å². The first-order valence-electron chi connectivity index (χ1n) is 28.8. The van der Waals surface area contributed by atoms with Gasteiger partial charge in [0.15, 0.2) is 0 Å². The molecule has 0 bridgehead atoms. The number of halogens is 6. The van der Waals surface area contributed by atoms with Crippen LogP contribution in [0.5, 0.6) is 0 Å². The summed E-state index contributed by atoms with van der Waals surface area (Å²) in [6, 6.07) is 77.9. The molecule has 0 atom stereocenters. The van der Waals surface area contributed by atoms with Gasteiger partial charge in [0, 0.05) is 95.7 Å². The van der Waals surface area contributed by atoms with E-state index in [1.807, 2.05) is 132 Å². The van der Waals surface area contributed by atoms with Crippen LogP contribution in [0.2, 0.25) is 0 Å². The van der Waals surface area contributed by atoms with Crippen LogP contribution in [-0.4, -0.2) is 34.9 Å². The molecule has 17 heteroatoms. The van der Waals surface area contributed by atoms with Crippen molar-refractivity contribution in [2.24, 2.45) is 0 Å². The Hall–Kier alpha value is -8.41. The van der Waals surface area contributed by atoms with Gasteiger partial charge in [-0.25, -0.2) is 26.3 Å². The van der Waals surface area contributed by atoms with E-state index in [0.29, 0.717) is 11.4 Å². The van der Waals surface area contributed by atoms with Gasteiger partial charge in [0.1, 0.15) is 35.4 Å². The number of hydrogen-bond donors (Lipinski definition) is 0. The summed E-state index contributed by atoms with van der Waals surface area (Å²) >= 11 is 0. The van der Waals surface area contributed by atoms with Gasteiger partial charge in [0.2, 0.25) is 0 Å². The number of rotatable bonds is 10. The molecule has 3 radical (unpaired) electrons. The van der Waals surface area contributed by atoms with Crippen molar-refractivity contribution < 1.29 is 108 Å². The van der Waals surface area contributed by atoms with Crippen LogP contribution in [0.1, 0.15) is 47.5 Å². The molecular weight excluding hydrogens is 1920 g/mol. The van der Waals surface area contributed by atoms with Gasteiger partial charge in [-0.3, -0.25) is 9.97 Å². The van der Waals surface area contributed by atoms with E-state index in [2.05, 4.69) is 115 Å². The predicted molar refractivity (Wildman–Crippen MR) is 345 cm³/mol. The first kappa shape index (κ1) is 75.6. The minimum Gasteiger partial charge on any atom is -0.304 e. The Labute approximate surface area is 604 Å². The number of aryl methyl sites for hydroxylation is 4. The number of pyridine rings is 7. The van der Waals surface area contributed by atoms with Crippen molar-refractivity contribution >= 4 is 0 Å². The summed E-state index contributed by atoms with van der Waals surface area (Å²) < 4.78 is 80.7. The normalized spacial score (nSPS) is 10.4. The summed E-state index contributed by atoms with van der Waals surface area (Å²) in [4.78, 5) is 28.6. The van der Waals surface area contributed by atoms with Gasteiger partial charge < -0.3 is 24.9 Å². The maximum atomic E-state index is 14.1. The molecule has 0 saturated carbocycles. The third kappa shape index (κ3) is 20.1. The largest absolute Gasteiger partial charge is 2.00 e. The smallest absolute Gasteiger partial charge is 0.304 e. The Morgan fingerprint density at radius 2 is 0.758 bits per heavy atom. The number of benzene rings is 6. The Balaban J connectivity index is 0.000000202. The average Bonchev–Trinajstić information content (AvgIpc) is 0.792. The molecule has 7 aromatic heterocycles. The molecule has 0 aliphatic carbocycles. The van der Waals surface area contributed by atoms with Gasteiger partial charge >= 0.3 is 21.1 Å². The molecule has 0 saturated heterocycles. The van der Waals surface area contributed by atoms with Crippen LogP contribution in [0.3, 0.4) is 0 Å². The van der Waals surface area contributed by atoms with Gasteiger partial charge in [-0.2, -0.15) is 0 Å². The summed E-state index contributed by atoms with van der Waals surface area (Å²) in [5.74, 6) is -4.44. The zero-order chi connectivity index (χ0) is 64.0. The monoisotopic (exact) mass is 1980 g/mol. The standard InChI is InChI=1S/C23H14F4N4.C19H16N.2C18H13FN.3Ir.Pt/c1-23(2,17-7-3-5-15(28-17)13-9-11-19(24)30-21(13)26)18-8-4-6-16(29-18)14-10-12-20(25)31-22(14)27;1-14-10-11-19(20-13-14)17-8-5-7-16(12-17)18-9-4-3-6-15(18)2;1-13-8-9-18(20-12-13)16-6-2-4-14(10-16)15-5-3-7-17(19)11-15;1-13-5-10-18(20-12-13)16-4-2-3-15(11-16)14-6-8-17(19)9-7-14;;;;/h3-8,11-12H,1-2H3;3-7,9-13H,1-2H3;2-5,7-12H,1H3;2-3,5-12H,1H3;;;;/q-2;3*-1;;;;+2. The molecule has 7 nitrogen and oxygen atoms in total. The summed E-state index contributed by atoms with van der Waals surface area (Å²) in [7, 11) is 0. The fourth-order valence-electron chi connectivity index (χ4n) is 9.54. The molecule has 0 N–H and O–H groups in total. The second-order valence-electron chi connectivity index (χ2n) is 21.7. The van der Waals surface area contributed by atoms with Crippen molar-refractivity contribution in [1.29, 1.82) is 0 Å². The molecule has 13 rings (SSSR count). The topological polar surface area (TPSA) is 90.2 Å². The van der Waals surface area contributed by atoms with E-state index in [4.69, 9.17) is 0 Å². The maximum absolute atomic E-state index is 14.1. The van der Waals surface area contributed by atoms with Crippen LogP contribution < -0.4 is 0 Å². The molecule has 6 aromatic carbocycles. The summed E-state index contributed by atoms with van der Waals surface area (Å²) in [6.07, 6.45) is 5.56. The second-order valence-corrected chi connectivity index (χ2v) is 21.7. The van der Waals surface area contributed by atoms with Gasteiger partial charge in [0.25, 0.3) is 0 Å². The molecule has 7 heterocycles. The Morgan fingerprint density at radius 1 is 0.347 bits per heavy atom. The molecule has 13 aromatic rings. The Bertz CT molecular complexity index is 4490. The average molecular weight is 1980 g/mol. The van der Waals surface area contributed by atoms with E-state index < -0.39 is 29.2 Å². The minimum atomic E-state index is -1.02. The van der Waals surface area contributed by atoms with Crippen LogP contribution in [0, 0.1) is 93.5 Å². The van der Waals surface area contributed by atoms with Crippen LogP contribution in [0.15, 0.2) is 231 Å². The number of hydrogen-bond acceptors (Lipinski definition) is 7. The third-order valence-corrected chi connectivity index (χ3v) is 14.5. The van der Waals surface area contributed by atoms with E-state index in [-0.39, 0.29) is 116 Å². The van der Waals surface area contributed by atoms with Crippen molar-refractivity contribution in [3.63, 3.8) is 0 Å². The molecule has 0 aliphatic rings. The predicted octanol–water partition coefficient (Wildman–Crippen LogP) is 19.2. The summed E-state index contributed by atoms with van der Waals surface area (Å²) in [5, 5.41) is 0. The van der Waals surface area contributed by atoms with Crippen LogP contribution in [0.4, 0.5) is 26.3 Å². The molecule has 0 unspecified atom stereocenters. The second kappa shape index (κ2) is 35.4. The molecule has 485 valence electrons. The summed E-state index contributed by atoms with van der Waals surface area (Å²) in [6.45, 7) is 11.9. The van der Waals surface area contributed by atoms with Gasteiger partial charge in [0.05, 0.1) is 0 Å². The zero-order valence-corrected chi connectivity index (χ0v) is 61.1. The molecule has 95 heavy (non-hydrogen) atoms. The fourth-order valence-corrected chi connectivity index (χ4v) is 9.54. The molecule has 0 spiro atoms. The van der Waals surface area contributed by atoms with Crippen molar-refractivity contribution in [2.75, 3.05) is 0 Å². The van der Waals surface area contributed by atoms with Crippen LogP contribution in [-0.2, 0) is 86.8 Å². The van der Waals surface area contributed by atoms with E-state index in [1.54, 1.807) is 54.6 Å². The number of aromatic nitrogens is 7. The Kier molecular flexibility index (Phi) is 28.1. The Morgan fingerprint density at radius 3 is 1.18 bits per heavy atom. The van der Waals surface area contributed by atoms with Crippen molar-refractivity contribution in [1.82, 2.24) is 34.9 Å². The molecule has 0 fully saturated rings. The first-order chi connectivity index (χ1) is 43.9. The molecular formula is C78H56F6Ir3N7Pt-3. The van der Waals surface area contributed by atoms with Crippen LogP contribution in [0.25, 0.3) is 89.7 Å². The zero-order valence-electron chi connectivity index (χ0n) is 51.7. The van der Waals surface area contributed by atoms with Crippen molar-refractivity contribution in [3.8, 4) is 89.7 Å². The van der Waals surface area contributed by atoms with E-state index in [9.17, 15) is 26.3 Å². The van der Waals surface area contributed by atoms with Crippen molar-refractivity contribution in [2.45, 2.75) is 47.0 Å². The van der Waals surface area contributed by atoms with Crippen molar-refractivity contribution in [3.05, 3.63) is 330 Å². The minimum absolute atomic E-state index is 0. The van der Waals surface area contributed by atoms with Gasteiger partial charge in [-0.05, 0) is 145 Å². The molecule has 0 amide bonds. The van der Waals surface area contributed by atoms with Crippen LogP contribution >= 0.6 is 0 Å². The first-order valence-corrected chi connectivity index (χ1v) is 28.8. The van der Waals surface area contributed by atoms with E-state index in [1.165, 1.54) is 46.5 Å². The molecule has 0 aliphatic heterocycles. The maximum Gasteiger partial charge on any atom is 2.00 e. The third-order valence-electron chi connectivity index (χ3n) is 14.5. The quantitative estimate of drug-likeness (QED) is 0.0765.